The molecule has 0 aromatic carbocycles. The van der Waals surface area contributed by atoms with E-state index in [-0.39, 0.29) is 17.2 Å². The standard InChI is InChI=1S/C15H32N2OS/c1-8-17(9-2)10-11-19-14(12(3)4)15(18)16(7)13(5)6/h12-14H,8-11H2,1-7H3/t14-/m0/s1. The zero-order chi connectivity index (χ0) is 15.0. The van der Waals surface area contributed by atoms with E-state index in [1.165, 1.54) is 0 Å². The normalized spacial score (nSPS) is 13.4. The van der Waals surface area contributed by atoms with Crippen molar-refractivity contribution in [3.05, 3.63) is 0 Å². The van der Waals surface area contributed by atoms with E-state index >= 15 is 0 Å². The van der Waals surface area contributed by atoms with Crippen molar-refractivity contribution in [2.45, 2.75) is 52.8 Å². The summed E-state index contributed by atoms with van der Waals surface area (Å²) in [5, 5.41) is 0.0861. The summed E-state index contributed by atoms with van der Waals surface area (Å²) >= 11 is 1.81. The second kappa shape index (κ2) is 9.65. The summed E-state index contributed by atoms with van der Waals surface area (Å²) in [5.74, 6) is 1.69. The quantitative estimate of drug-likeness (QED) is 0.652. The van der Waals surface area contributed by atoms with Crippen molar-refractivity contribution in [2.75, 3.05) is 32.4 Å². The summed E-state index contributed by atoms with van der Waals surface area (Å²) in [7, 11) is 1.91. The monoisotopic (exact) mass is 288 g/mol. The van der Waals surface area contributed by atoms with Gasteiger partial charge in [0.2, 0.25) is 5.91 Å². The number of hydrogen-bond acceptors (Lipinski definition) is 3. The Balaban J connectivity index is 4.38. The van der Waals surface area contributed by atoms with Crippen molar-refractivity contribution in [3.8, 4) is 0 Å². The molecule has 0 aliphatic carbocycles. The van der Waals surface area contributed by atoms with Gasteiger partial charge in [-0.1, -0.05) is 27.7 Å². The van der Waals surface area contributed by atoms with Crippen LogP contribution in [-0.4, -0.2) is 59.4 Å². The van der Waals surface area contributed by atoms with Crippen molar-refractivity contribution < 1.29 is 4.79 Å². The maximum atomic E-state index is 12.4. The second-order valence-corrected chi connectivity index (χ2v) is 6.85. The van der Waals surface area contributed by atoms with Crippen LogP contribution in [-0.2, 0) is 4.79 Å². The minimum Gasteiger partial charge on any atom is -0.342 e. The van der Waals surface area contributed by atoms with E-state index in [2.05, 4.69) is 46.4 Å². The van der Waals surface area contributed by atoms with Gasteiger partial charge in [-0.25, -0.2) is 0 Å². The maximum absolute atomic E-state index is 12.4. The molecule has 0 fully saturated rings. The van der Waals surface area contributed by atoms with E-state index in [0.717, 1.165) is 25.4 Å². The second-order valence-electron chi connectivity index (χ2n) is 5.61. The first-order valence-electron chi connectivity index (χ1n) is 7.45. The highest BCUT2D eigenvalue weighted by molar-refractivity contribution is 8.00. The minimum atomic E-state index is 0.0861. The molecule has 0 saturated carbocycles. The molecule has 1 amide bonds. The molecule has 0 spiro atoms. The zero-order valence-electron chi connectivity index (χ0n) is 13.8. The first-order chi connectivity index (χ1) is 8.84. The molecule has 3 nitrogen and oxygen atoms in total. The number of hydrogen-bond donors (Lipinski definition) is 0. The Hall–Kier alpha value is -0.220. The molecule has 0 radical (unpaired) electrons. The predicted molar refractivity (Wildman–Crippen MR) is 86.8 cm³/mol. The van der Waals surface area contributed by atoms with Crippen LogP contribution in [0.1, 0.15) is 41.5 Å². The van der Waals surface area contributed by atoms with Crippen molar-refractivity contribution in [3.63, 3.8) is 0 Å². The van der Waals surface area contributed by atoms with E-state index < -0.39 is 0 Å². The summed E-state index contributed by atoms with van der Waals surface area (Å²) in [5.41, 5.74) is 0. The van der Waals surface area contributed by atoms with Gasteiger partial charge in [-0.15, -0.1) is 11.8 Å². The highest BCUT2D eigenvalue weighted by Crippen LogP contribution is 2.22. The van der Waals surface area contributed by atoms with Gasteiger partial charge < -0.3 is 9.80 Å². The Morgan fingerprint density at radius 2 is 1.63 bits per heavy atom. The lowest BCUT2D eigenvalue weighted by Gasteiger charge is -2.29. The molecule has 0 rings (SSSR count). The molecule has 0 heterocycles. The van der Waals surface area contributed by atoms with Gasteiger partial charge in [-0.05, 0) is 32.9 Å². The number of nitrogens with zero attached hydrogens (tertiary/aromatic N) is 2. The molecule has 0 aromatic heterocycles. The molecule has 4 heteroatoms. The van der Waals surface area contributed by atoms with Gasteiger partial charge in [0.1, 0.15) is 0 Å². The molecule has 1 atom stereocenters. The van der Waals surface area contributed by atoms with Crippen LogP contribution in [0.3, 0.4) is 0 Å². The Bertz CT molecular complexity index is 253. The Labute approximate surface area is 124 Å². The molecule has 0 aromatic rings. The van der Waals surface area contributed by atoms with Crippen LogP contribution >= 0.6 is 11.8 Å². The van der Waals surface area contributed by atoms with E-state index in [1.54, 1.807) is 0 Å². The smallest absolute Gasteiger partial charge is 0.235 e. The predicted octanol–water partition coefficient (Wildman–Crippen LogP) is 2.95. The summed E-state index contributed by atoms with van der Waals surface area (Å²) < 4.78 is 0. The third-order valence-electron chi connectivity index (χ3n) is 3.57. The van der Waals surface area contributed by atoms with Crippen LogP contribution in [0.5, 0.6) is 0 Å². The number of amides is 1. The van der Waals surface area contributed by atoms with Gasteiger partial charge >= 0.3 is 0 Å². The van der Waals surface area contributed by atoms with Gasteiger partial charge in [-0.3, -0.25) is 4.79 Å². The first-order valence-corrected chi connectivity index (χ1v) is 8.50. The Kier molecular flexibility index (Phi) is 9.54. The fourth-order valence-corrected chi connectivity index (χ4v) is 3.16. The van der Waals surface area contributed by atoms with Crippen LogP contribution in [0.25, 0.3) is 0 Å². The molecular weight excluding hydrogens is 256 g/mol. The van der Waals surface area contributed by atoms with Gasteiger partial charge in [-0.2, -0.15) is 0 Å². The summed E-state index contributed by atoms with van der Waals surface area (Å²) in [6, 6.07) is 0.275. The third kappa shape index (κ3) is 6.66. The van der Waals surface area contributed by atoms with Crippen molar-refractivity contribution >= 4 is 17.7 Å². The average molecular weight is 289 g/mol. The van der Waals surface area contributed by atoms with E-state index in [9.17, 15) is 4.79 Å². The topological polar surface area (TPSA) is 23.6 Å². The number of rotatable bonds is 9. The Morgan fingerprint density at radius 3 is 2.00 bits per heavy atom. The van der Waals surface area contributed by atoms with Crippen LogP contribution in [0, 0.1) is 5.92 Å². The third-order valence-corrected chi connectivity index (χ3v) is 5.09. The molecule has 0 saturated heterocycles. The number of thioether (sulfide) groups is 1. The van der Waals surface area contributed by atoms with Gasteiger partial charge in [0, 0.05) is 25.4 Å². The molecule has 0 aliphatic heterocycles. The lowest BCUT2D eigenvalue weighted by Crippen LogP contribution is -2.41. The minimum absolute atomic E-state index is 0.0861. The lowest BCUT2D eigenvalue weighted by molar-refractivity contribution is -0.131. The number of carbonyl (C=O) groups is 1. The maximum Gasteiger partial charge on any atom is 0.235 e. The highest BCUT2D eigenvalue weighted by Gasteiger charge is 2.26. The van der Waals surface area contributed by atoms with Gasteiger partial charge in [0.05, 0.1) is 5.25 Å². The molecule has 0 unspecified atom stereocenters. The van der Waals surface area contributed by atoms with Crippen molar-refractivity contribution in [1.82, 2.24) is 9.80 Å². The van der Waals surface area contributed by atoms with Crippen molar-refractivity contribution in [2.24, 2.45) is 5.92 Å². The molecule has 114 valence electrons. The van der Waals surface area contributed by atoms with Gasteiger partial charge in [0.15, 0.2) is 0 Å². The molecule has 0 aliphatic rings. The van der Waals surface area contributed by atoms with Crippen LogP contribution in [0.4, 0.5) is 0 Å². The van der Waals surface area contributed by atoms with Gasteiger partial charge in [0.25, 0.3) is 0 Å². The van der Waals surface area contributed by atoms with Crippen LogP contribution in [0.2, 0.25) is 0 Å². The van der Waals surface area contributed by atoms with E-state index in [4.69, 9.17) is 0 Å². The molecule has 0 bridgehead atoms. The summed E-state index contributed by atoms with van der Waals surface area (Å²) in [4.78, 5) is 16.7. The zero-order valence-corrected chi connectivity index (χ0v) is 14.6. The SMILES string of the molecule is CCN(CC)CCS[C@H](C(=O)N(C)C(C)C)C(C)C. The molecule has 0 N–H and O–H groups in total. The fraction of sp³-hybridized carbons (Fsp3) is 0.933. The van der Waals surface area contributed by atoms with E-state index in [0.29, 0.717) is 5.92 Å². The van der Waals surface area contributed by atoms with E-state index in [1.807, 2.05) is 23.7 Å². The lowest BCUT2D eigenvalue weighted by atomic mass is 10.1. The highest BCUT2D eigenvalue weighted by atomic mass is 32.2. The summed E-state index contributed by atoms with van der Waals surface area (Å²) in [6.07, 6.45) is 0. The fourth-order valence-electron chi connectivity index (χ4n) is 1.85. The van der Waals surface area contributed by atoms with Crippen LogP contribution < -0.4 is 0 Å². The Morgan fingerprint density at radius 1 is 1.11 bits per heavy atom. The summed E-state index contributed by atoms with van der Waals surface area (Å²) in [6.45, 7) is 16.0. The first kappa shape index (κ1) is 18.8. The molecular formula is C15H32N2OS. The number of carbonyl (C=O) groups excluding carboxylic acids is 1. The van der Waals surface area contributed by atoms with Crippen LogP contribution in [0.15, 0.2) is 0 Å². The largest absolute Gasteiger partial charge is 0.342 e. The van der Waals surface area contributed by atoms with Crippen molar-refractivity contribution in [1.29, 1.82) is 0 Å². The molecule has 19 heavy (non-hydrogen) atoms. The average Bonchev–Trinajstić information content (AvgIpc) is 2.36.